The van der Waals surface area contributed by atoms with Crippen molar-refractivity contribution in [2.24, 2.45) is 0 Å². The fourth-order valence-electron chi connectivity index (χ4n) is 10.0. The first-order chi connectivity index (χ1) is 29.3. The first-order valence-corrected chi connectivity index (χ1v) is 20.7. The molecule has 0 amide bonds. The highest BCUT2D eigenvalue weighted by molar-refractivity contribution is 6.17. The molecule has 0 saturated carbocycles. The quantitative estimate of drug-likeness (QED) is 0.171. The van der Waals surface area contributed by atoms with Gasteiger partial charge in [-0.25, -0.2) is 0 Å². The van der Waals surface area contributed by atoms with E-state index in [1.54, 1.807) is 0 Å². The van der Waals surface area contributed by atoms with Crippen molar-refractivity contribution in [3.63, 3.8) is 0 Å². The zero-order valence-corrected chi connectivity index (χ0v) is 32.5. The van der Waals surface area contributed by atoms with E-state index >= 15 is 0 Å². The summed E-state index contributed by atoms with van der Waals surface area (Å²) in [5.74, 6) is 0.255. The molecular formula is C57H39NO. The van der Waals surface area contributed by atoms with E-state index in [0.29, 0.717) is 0 Å². The molecule has 0 bridgehead atoms. The lowest BCUT2D eigenvalue weighted by atomic mass is 9.81. The Morgan fingerprint density at radius 3 is 2.02 bits per heavy atom. The summed E-state index contributed by atoms with van der Waals surface area (Å²) >= 11 is 0. The molecule has 2 aromatic heterocycles. The molecule has 278 valence electrons. The van der Waals surface area contributed by atoms with Crippen LogP contribution < -0.4 is 0 Å². The van der Waals surface area contributed by atoms with Crippen molar-refractivity contribution in [1.29, 1.82) is 0 Å². The van der Waals surface area contributed by atoms with E-state index in [0.717, 1.165) is 51.6 Å². The molecule has 1 aliphatic rings. The number of hydrogen-bond donors (Lipinski definition) is 0. The molecule has 2 heteroatoms. The minimum atomic E-state index is 0.255. The molecule has 0 saturated heterocycles. The van der Waals surface area contributed by atoms with Gasteiger partial charge in [-0.05, 0) is 98.8 Å². The summed E-state index contributed by atoms with van der Waals surface area (Å²) in [5, 5.41) is 4.82. The maximum atomic E-state index is 6.43. The van der Waals surface area contributed by atoms with E-state index in [4.69, 9.17) is 4.42 Å². The van der Waals surface area contributed by atoms with Gasteiger partial charge in [0.05, 0.1) is 11.0 Å². The highest BCUT2D eigenvalue weighted by atomic mass is 16.3. The molecule has 0 fully saturated rings. The fourth-order valence-corrected chi connectivity index (χ4v) is 10.0. The third-order valence-electron chi connectivity index (χ3n) is 12.7. The number of fused-ring (bicyclic) bond motifs is 9. The van der Waals surface area contributed by atoms with E-state index in [9.17, 15) is 0 Å². The lowest BCUT2D eigenvalue weighted by Gasteiger charge is -2.22. The maximum Gasteiger partial charge on any atom is 0.143 e. The average Bonchev–Trinajstić information content (AvgIpc) is 3.80. The predicted molar refractivity (Wildman–Crippen MR) is 246 cm³/mol. The van der Waals surface area contributed by atoms with Crippen LogP contribution in [-0.2, 0) is 6.42 Å². The van der Waals surface area contributed by atoms with Gasteiger partial charge in [0.1, 0.15) is 11.2 Å². The monoisotopic (exact) mass is 753 g/mol. The van der Waals surface area contributed by atoms with E-state index in [1.165, 1.54) is 71.9 Å². The molecule has 2 nitrogen and oxygen atoms in total. The average molecular weight is 754 g/mol. The molecule has 1 aliphatic carbocycles. The Bertz CT molecular complexity index is 3380. The molecule has 1 atom stereocenters. The molecule has 0 radical (unpaired) electrons. The van der Waals surface area contributed by atoms with Crippen LogP contribution in [0.15, 0.2) is 211 Å². The van der Waals surface area contributed by atoms with Gasteiger partial charge >= 0.3 is 0 Å². The van der Waals surface area contributed by atoms with Gasteiger partial charge < -0.3 is 8.98 Å². The van der Waals surface area contributed by atoms with Gasteiger partial charge in [-0.1, -0.05) is 176 Å². The van der Waals surface area contributed by atoms with Gasteiger partial charge in [0.15, 0.2) is 0 Å². The zero-order valence-electron chi connectivity index (χ0n) is 32.5. The molecule has 2 heterocycles. The van der Waals surface area contributed by atoms with Gasteiger partial charge in [-0.2, -0.15) is 0 Å². The number of aryl methyl sites for hydroxylation is 1. The minimum absolute atomic E-state index is 0.255. The second-order valence-electron chi connectivity index (χ2n) is 15.9. The highest BCUT2D eigenvalue weighted by Gasteiger charge is 2.27. The van der Waals surface area contributed by atoms with Crippen molar-refractivity contribution >= 4 is 43.7 Å². The smallest absolute Gasteiger partial charge is 0.143 e. The molecule has 0 N–H and O–H groups in total. The number of benzene rings is 9. The second-order valence-corrected chi connectivity index (χ2v) is 15.9. The van der Waals surface area contributed by atoms with Crippen LogP contribution in [0.25, 0.3) is 93.9 Å². The zero-order chi connectivity index (χ0) is 38.9. The number of nitrogens with zero attached hydrogens (tertiary/aromatic N) is 1. The van der Waals surface area contributed by atoms with Crippen molar-refractivity contribution < 1.29 is 4.42 Å². The van der Waals surface area contributed by atoms with E-state index < -0.39 is 0 Å². The molecule has 1 unspecified atom stereocenters. The molecule has 59 heavy (non-hydrogen) atoms. The summed E-state index contributed by atoms with van der Waals surface area (Å²) in [5.41, 5.74) is 19.5. The van der Waals surface area contributed by atoms with Gasteiger partial charge in [-0.3, -0.25) is 0 Å². The highest BCUT2D eigenvalue weighted by Crippen LogP contribution is 2.49. The molecule has 12 rings (SSSR count). The third-order valence-corrected chi connectivity index (χ3v) is 12.7. The topological polar surface area (TPSA) is 18.1 Å². The van der Waals surface area contributed by atoms with Crippen molar-refractivity contribution in [2.45, 2.75) is 18.8 Å². The van der Waals surface area contributed by atoms with Gasteiger partial charge in [-0.15, -0.1) is 0 Å². The van der Waals surface area contributed by atoms with Crippen LogP contribution in [0.4, 0.5) is 0 Å². The first-order valence-electron chi connectivity index (χ1n) is 20.7. The minimum Gasteiger partial charge on any atom is -0.455 e. The normalized spacial score (nSPS) is 13.8. The number of aromatic nitrogens is 1. The number of furan rings is 1. The molecular weight excluding hydrogens is 715 g/mol. The standard InChI is InChI=1S/C57H39NO/c1-2-14-37(15-3-1)40-17-10-18-41(36-40)43-35-32-38-16-4-5-19-44(38)55-47(43)23-12-24-48(55)49-25-13-28-53-56(49)51-21-6-8-27-52(51)58(53)42-33-30-39(31-34-42)45-22-11-26-50-46-20-7-9-29-54(46)59-57(45)50/h1-31,33-34,36,43H,32,35H2. The Labute approximate surface area is 343 Å². The predicted octanol–water partition coefficient (Wildman–Crippen LogP) is 15.4. The number of rotatable bonds is 5. The lowest BCUT2D eigenvalue weighted by Crippen LogP contribution is -2.03. The number of para-hydroxylation sites is 3. The Balaban J connectivity index is 1.03. The third kappa shape index (κ3) is 5.41. The summed E-state index contributed by atoms with van der Waals surface area (Å²) < 4.78 is 8.87. The molecule has 0 aliphatic heterocycles. The molecule has 9 aromatic carbocycles. The molecule has 0 spiro atoms. The molecule has 11 aromatic rings. The maximum absolute atomic E-state index is 6.43. The first kappa shape index (κ1) is 33.7. The van der Waals surface area contributed by atoms with Crippen LogP contribution in [0, 0.1) is 0 Å². The van der Waals surface area contributed by atoms with Crippen LogP contribution in [0.5, 0.6) is 0 Å². The van der Waals surface area contributed by atoms with Crippen LogP contribution in [0.3, 0.4) is 0 Å². The van der Waals surface area contributed by atoms with Gasteiger partial charge in [0.2, 0.25) is 0 Å². The van der Waals surface area contributed by atoms with Crippen molar-refractivity contribution in [3.8, 4) is 50.2 Å². The Hall–Kier alpha value is -7.42. The second kappa shape index (κ2) is 13.6. The SMILES string of the molecule is c1ccc(-c2cccc(C3CCc4ccccc4-c4c(-c5cccc6c5c5ccccc5n6-c5ccc(-c6cccc7c6oc6ccccc67)cc5)cccc43)c2)cc1. The van der Waals surface area contributed by atoms with Crippen molar-refractivity contribution in [2.75, 3.05) is 0 Å². The van der Waals surface area contributed by atoms with Crippen LogP contribution in [0.2, 0.25) is 0 Å². The fraction of sp³-hybridized carbons (Fsp3) is 0.0526. The van der Waals surface area contributed by atoms with Crippen molar-refractivity contribution in [3.05, 3.63) is 223 Å². The summed E-state index contributed by atoms with van der Waals surface area (Å²) in [6, 6.07) is 75.6. The summed E-state index contributed by atoms with van der Waals surface area (Å²) in [6.45, 7) is 0. The van der Waals surface area contributed by atoms with Crippen LogP contribution in [0.1, 0.15) is 29.0 Å². The summed E-state index contributed by atoms with van der Waals surface area (Å²) in [4.78, 5) is 0. The van der Waals surface area contributed by atoms with Crippen molar-refractivity contribution in [1.82, 2.24) is 4.57 Å². The number of hydrogen-bond acceptors (Lipinski definition) is 1. The van der Waals surface area contributed by atoms with Crippen LogP contribution in [-0.4, -0.2) is 4.57 Å². The van der Waals surface area contributed by atoms with E-state index in [1.807, 2.05) is 12.1 Å². The largest absolute Gasteiger partial charge is 0.455 e. The summed E-state index contributed by atoms with van der Waals surface area (Å²) in [6.07, 6.45) is 2.07. The Morgan fingerprint density at radius 2 is 1.10 bits per heavy atom. The summed E-state index contributed by atoms with van der Waals surface area (Å²) in [7, 11) is 0. The van der Waals surface area contributed by atoms with Crippen LogP contribution >= 0.6 is 0 Å². The Morgan fingerprint density at radius 1 is 0.441 bits per heavy atom. The van der Waals surface area contributed by atoms with Gasteiger partial charge in [0.25, 0.3) is 0 Å². The van der Waals surface area contributed by atoms with Gasteiger partial charge in [0, 0.05) is 38.7 Å². The van der Waals surface area contributed by atoms with E-state index in [2.05, 4.69) is 199 Å². The lowest BCUT2D eigenvalue weighted by molar-refractivity contribution is 0.670. The van der Waals surface area contributed by atoms with E-state index in [-0.39, 0.29) is 5.92 Å². The Kier molecular flexibility index (Phi) is 7.77.